The molecule has 1 aliphatic heterocycles. The average Bonchev–Trinajstić information content (AvgIpc) is 3.25. The van der Waals surface area contributed by atoms with Crippen LogP contribution in [0.4, 0.5) is 5.82 Å². The quantitative estimate of drug-likeness (QED) is 0.625. The molecule has 2 unspecified atom stereocenters. The van der Waals surface area contributed by atoms with E-state index in [9.17, 15) is 24.8 Å². The van der Waals surface area contributed by atoms with Gasteiger partial charge in [0, 0.05) is 6.54 Å². The van der Waals surface area contributed by atoms with Gasteiger partial charge in [-0.15, -0.1) is 0 Å². The van der Waals surface area contributed by atoms with Crippen LogP contribution in [0.2, 0.25) is 0 Å². The Balaban J connectivity index is 2.00. The first-order chi connectivity index (χ1) is 12.0. The second-order valence-corrected chi connectivity index (χ2v) is 5.78. The fourth-order valence-corrected chi connectivity index (χ4v) is 3.08. The van der Waals surface area contributed by atoms with E-state index in [0.717, 1.165) is 6.20 Å². The maximum absolute atomic E-state index is 13.1. The summed E-state index contributed by atoms with van der Waals surface area (Å²) in [6, 6.07) is 7.80. The molecule has 25 heavy (non-hydrogen) atoms. The highest BCUT2D eigenvalue weighted by Crippen LogP contribution is 2.29. The third-order valence-electron chi connectivity index (χ3n) is 4.25. The Kier molecular flexibility index (Phi) is 4.46. The number of carbonyl (C=O) groups excluding carboxylic acids is 1. The molecule has 3 rings (SSSR count). The normalized spacial score (nSPS) is 18.1. The molecule has 1 aromatic carbocycles. The summed E-state index contributed by atoms with van der Waals surface area (Å²) < 4.78 is 0. The number of carbonyl (C=O) groups is 2. The summed E-state index contributed by atoms with van der Waals surface area (Å²) >= 11 is 0. The Bertz CT molecular complexity index is 804. The minimum Gasteiger partial charge on any atom is -0.480 e. The first kappa shape index (κ1) is 16.6. The number of hydrogen-bond acceptors (Lipinski definition) is 5. The third-order valence-corrected chi connectivity index (χ3v) is 4.25. The van der Waals surface area contributed by atoms with E-state index in [4.69, 9.17) is 0 Å². The lowest BCUT2D eigenvalue weighted by atomic mass is 9.96. The van der Waals surface area contributed by atoms with E-state index in [1.165, 1.54) is 4.90 Å². The molecular formula is C16H16N4O5. The number of nitrogens with one attached hydrogen (secondary N) is 1. The average molecular weight is 344 g/mol. The summed E-state index contributed by atoms with van der Waals surface area (Å²) in [5.41, 5.74) is 0.591. The number of likely N-dealkylation sites (tertiary alicyclic amines) is 1. The van der Waals surface area contributed by atoms with Crippen molar-refractivity contribution in [3.8, 4) is 0 Å². The molecule has 0 bridgehead atoms. The van der Waals surface area contributed by atoms with Crippen LogP contribution in [-0.2, 0) is 9.59 Å². The number of nitro groups is 1. The highest BCUT2D eigenvalue weighted by molar-refractivity contribution is 5.90. The number of carboxylic acids is 1. The van der Waals surface area contributed by atoms with E-state index in [1.54, 1.807) is 30.3 Å². The zero-order chi connectivity index (χ0) is 18.0. The van der Waals surface area contributed by atoms with Crippen molar-refractivity contribution in [2.45, 2.75) is 24.8 Å². The van der Waals surface area contributed by atoms with Crippen LogP contribution in [0.5, 0.6) is 0 Å². The minimum absolute atomic E-state index is 0.124. The Morgan fingerprint density at radius 3 is 2.68 bits per heavy atom. The van der Waals surface area contributed by atoms with Crippen LogP contribution in [0, 0.1) is 10.1 Å². The fourth-order valence-electron chi connectivity index (χ4n) is 3.08. The number of carboxylic acid groups (broad SMARTS) is 1. The van der Waals surface area contributed by atoms with Gasteiger partial charge < -0.3 is 20.1 Å². The van der Waals surface area contributed by atoms with Crippen molar-refractivity contribution in [1.29, 1.82) is 0 Å². The summed E-state index contributed by atoms with van der Waals surface area (Å²) in [5, 5.41) is 20.2. The summed E-state index contributed by atoms with van der Waals surface area (Å²) in [4.78, 5) is 42.6. The number of benzene rings is 1. The number of H-pyrrole nitrogens is 1. The summed E-state index contributed by atoms with van der Waals surface area (Å²) in [6.07, 6.45) is 2.04. The van der Waals surface area contributed by atoms with Crippen molar-refractivity contribution in [3.05, 3.63) is 58.0 Å². The predicted molar refractivity (Wildman–Crippen MR) is 85.9 cm³/mol. The van der Waals surface area contributed by atoms with E-state index in [1.807, 2.05) is 0 Å². The fraction of sp³-hybridized carbons (Fsp3) is 0.312. The van der Waals surface area contributed by atoms with Crippen LogP contribution in [-0.4, -0.2) is 49.4 Å². The lowest BCUT2D eigenvalue weighted by Gasteiger charge is -2.25. The van der Waals surface area contributed by atoms with Gasteiger partial charge in [-0.1, -0.05) is 30.3 Å². The van der Waals surface area contributed by atoms with Gasteiger partial charge in [-0.05, 0) is 23.3 Å². The molecule has 0 spiro atoms. The monoisotopic (exact) mass is 344 g/mol. The summed E-state index contributed by atoms with van der Waals surface area (Å²) in [5.74, 6) is -2.60. The summed E-state index contributed by atoms with van der Waals surface area (Å²) in [7, 11) is 0. The van der Waals surface area contributed by atoms with E-state index in [2.05, 4.69) is 9.97 Å². The van der Waals surface area contributed by atoms with Crippen LogP contribution >= 0.6 is 0 Å². The zero-order valence-electron chi connectivity index (χ0n) is 13.2. The molecule has 0 aliphatic carbocycles. The molecule has 1 amide bonds. The molecule has 1 fully saturated rings. The van der Waals surface area contributed by atoms with Gasteiger partial charge in [-0.3, -0.25) is 4.79 Å². The maximum Gasteiger partial charge on any atom is 0.340 e. The number of amides is 1. The summed E-state index contributed by atoms with van der Waals surface area (Å²) in [6.45, 7) is 0.335. The molecule has 9 heteroatoms. The van der Waals surface area contributed by atoms with Crippen LogP contribution in [0.25, 0.3) is 0 Å². The Labute approximate surface area is 142 Å². The third kappa shape index (κ3) is 3.21. The van der Waals surface area contributed by atoms with Crippen LogP contribution in [0.15, 0.2) is 36.5 Å². The van der Waals surface area contributed by atoms with Crippen LogP contribution in [0.3, 0.4) is 0 Å². The van der Waals surface area contributed by atoms with Crippen molar-refractivity contribution in [2.24, 2.45) is 0 Å². The number of aromatic amines is 1. The Morgan fingerprint density at radius 1 is 1.36 bits per heavy atom. The number of rotatable bonds is 5. The van der Waals surface area contributed by atoms with E-state index < -0.39 is 28.8 Å². The SMILES string of the molecule is O=C(O)C1CCCN1C(=O)C(c1ccccc1)c1ncc([N+](=O)[O-])[nH]1. The molecule has 1 saturated heterocycles. The van der Waals surface area contributed by atoms with E-state index in [-0.39, 0.29) is 11.6 Å². The minimum atomic E-state index is -1.05. The first-order valence-corrected chi connectivity index (χ1v) is 7.76. The van der Waals surface area contributed by atoms with Gasteiger partial charge in [0.1, 0.15) is 18.2 Å². The molecular weight excluding hydrogens is 328 g/mol. The number of aromatic nitrogens is 2. The second kappa shape index (κ2) is 6.71. The van der Waals surface area contributed by atoms with Crippen molar-refractivity contribution in [2.75, 3.05) is 6.54 Å². The van der Waals surface area contributed by atoms with Crippen molar-refractivity contribution >= 4 is 17.7 Å². The molecule has 2 heterocycles. The first-order valence-electron chi connectivity index (χ1n) is 7.76. The van der Waals surface area contributed by atoms with Crippen molar-refractivity contribution in [1.82, 2.24) is 14.9 Å². The Hall–Kier alpha value is -3.23. The molecule has 2 N–H and O–H groups in total. The van der Waals surface area contributed by atoms with Crippen LogP contribution in [0.1, 0.15) is 30.1 Å². The van der Waals surface area contributed by atoms with Crippen molar-refractivity contribution < 1.29 is 19.6 Å². The van der Waals surface area contributed by atoms with Gasteiger partial charge in [0.05, 0.1) is 0 Å². The number of aliphatic carboxylic acids is 1. The van der Waals surface area contributed by atoms with Crippen molar-refractivity contribution in [3.63, 3.8) is 0 Å². The zero-order valence-corrected chi connectivity index (χ0v) is 13.2. The lowest BCUT2D eigenvalue weighted by Crippen LogP contribution is -2.43. The molecule has 0 saturated carbocycles. The number of imidazole rings is 1. The molecule has 9 nitrogen and oxygen atoms in total. The molecule has 2 aromatic rings. The van der Waals surface area contributed by atoms with Gasteiger partial charge in [0.25, 0.3) is 0 Å². The molecule has 1 aliphatic rings. The molecule has 130 valence electrons. The topological polar surface area (TPSA) is 129 Å². The largest absolute Gasteiger partial charge is 0.480 e. The van der Waals surface area contributed by atoms with Gasteiger partial charge in [-0.2, -0.15) is 0 Å². The van der Waals surface area contributed by atoms with Gasteiger partial charge >= 0.3 is 11.8 Å². The smallest absolute Gasteiger partial charge is 0.340 e. The maximum atomic E-state index is 13.1. The van der Waals surface area contributed by atoms with Gasteiger partial charge in [0.2, 0.25) is 11.7 Å². The molecule has 1 aromatic heterocycles. The predicted octanol–water partition coefficient (Wildman–Crippen LogP) is 1.53. The molecule has 2 atom stereocenters. The highest BCUT2D eigenvalue weighted by atomic mass is 16.6. The van der Waals surface area contributed by atoms with E-state index >= 15 is 0 Å². The Morgan fingerprint density at radius 2 is 2.08 bits per heavy atom. The van der Waals surface area contributed by atoms with Gasteiger partial charge in [-0.25, -0.2) is 14.8 Å². The highest BCUT2D eigenvalue weighted by Gasteiger charge is 2.40. The second-order valence-electron chi connectivity index (χ2n) is 5.78. The number of nitrogens with zero attached hydrogens (tertiary/aromatic N) is 3. The standard InChI is InChI=1S/C16H16N4O5/c21-15(19-8-4-7-11(19)16(22)23)13(10-5-2-1-3-6-10)14-17-9-12(18-14)20(24)25/h1-3,5-6,9,11,13H,4,7-8H2,(H,17,18)(H,22,23). The van der Waals surface area contributed by atoms with Crippen LogP contribution < -0.4 is 0 Å². The van der Waals surface area contributed by atoms with Gasteiger partial charge in [0.15, 0.2) is 0 Å². The van der Waals surface area contributed by atoms with E-state index in [0.29, 0.717) is 24.9 Å². The number of hydrogen-bond donors (Lipinski definition) is 2. The lowest BCUT2D eigenvalue weighted by molar-refractivity contribution is -0.389. The molecule has 0 radical (unpaired) electrons.